The topological polar surface area (TPSA) is 166 Å². The van der Waals surface area contributed by atoms with Crippen LogP contribution in [0.2, 0.25) is 0 Å². The van der Waals surface area contributed by atoms with Crippen molar-refractivity contribution in [2.24, 2.45) is 7.05 Å². The Labute approximate surface area is 254 Å². The molecule has 1 heterocycles. The molecule has 0 bridgehead atoms. The van der Waals surface area contributed by atoms with Gasteiger partial charge in [-0.3, -0.25) is 4.79 Å². The van der Waals surface area contributed by atoms with E-state index in [0.717, 1.165) is 28.8 Å². The monoisotopic (exact) mass is 608 g/mol. The Morgan fingerprint density at radius 1 is 0.864 bits per heavy atom. The molecule has 1 unspecified atom stereocenters. The van der Waals surface area contributed by atoms with Gasteiger partial charge in [-0.1, -0.05) is 18.2 Å². The van der Waals surface area contributed by atoms with Crippen LogP contribution in [0.25, 0.3) is 22.0 Å². The number of pyridine rings is 1. The van der Waals surface area contributed by atoms with Crippen molar-refractivity contribution in [3.8, 4) is 34.3 Å². The summed E-state index contributed by atoms with van der Waals surface area (Å²) in [6, 6.07) is 22.6. The third-order valence-electron chi connectivity index (χ3n) is 6.43. The van der Waals surface area contributed by atoms with Crippen LogP contribution in [-0.4, -0.2) is 78.5 Å². The predicted octanol–water partition coefficient (Wildman–Crippen LogP) is 3.18. The zero-order valence-electron chi connectivity index (χ0n) is 24.7. The predicted molar refractivity (Wildman–Crippen MR) is 164 cm³/mol. The number of fused-ring (bicyclic) bond motifs is 1. The second-order valence-corrected chi connectivity index (χ2v) is 9.50. The minimum atomic E-state index is -1.82. The molecule has 0 aliphatic heterocycles. The first-order valence-corrected chi connectivity index (χ1v) is 13.7. The fourth-order valence-electron chi connectivity index (χ4n) is 4.15. The van der Waals surface area contributed by atoms with E-state index in [-0.39, 0.29) is 12.2 Å². The molecule has 0 saturated heterocycles. The number of aromatic nitrogens is 1. The van der Waals surface area contributed by atoms with Gasteiger partial charge in [0.15, 0.2) is 11.5 Å². The molecule has 4 N–H and O–H groups in total. The molecule has 234 valence electrons. The largest absolute Gasteiger partial charge is 0.497 e. The maximum absolute atomic E-state index is 12.9. The van der Waals surface area contributed by atoms with Crippen molar-refractivity contribution >= 4 is 22.7 Å². The number of rotatable bonds is 13. The van der Waals surface area contributed by atoms with Gasteiger partial charge in [0.05, 0.1) is 31.9 Å². The number of aliphatic carboxylic acids is 2. The van der Waals surface area contributed by atoms with Crippen LogP contribution in [0.3, 0.4) is 0 Å². The fraction of sp³-hybridized carbons (Fsp3) is 0.281. The highest BCUT2D eigenvalue weighted by Crippen LogP contribution is 2.27. The second-order valence-electron chi connectivity index (χ2n) is 9.50. The molecule has 4 aromatic rings. The zero-order chi connectivity index (χ0) is 32.1. The molecule has 1 atom stereocenters. The normalized spacial score (nSPS) is 11.2. The van der Waals surface area contributed by atoms with Gasteiger partial charge < -0.3 is 44.2 Å². The van der Waals surface area contributed by atoms with Crippen LogP contribution in [0.15, 0.2) is 77.6 Å². The summed E-state index contributed by atoms with van der Waals surface area (Å²) in [5.74, 6) is -0.981. The first-order chi connectivity index (χ1) is 21.1. The summed E-state index contributed by atoms with van der Waals surface area (Å²) in [6.07, 6.45) is 0.145. The Kier molecular flexibility index (Phi) is 12.6. The van der Waals surface area contributed by atoms with Crippen LogP contribution >= 0.6 is 0 Å². The van der Waals surface area contributed by atoms with Gasteiger partial charge in [-0.25, -0.2) is 9.59 Å². The number of hydrogen-bond donors (Lipinski definition) is 4. The number of benzene rings is 3. The average molecular weight is 609 g/mol. The Bertz CT molecular complexity index is 1590. The molecular formula is C32H36N2O10. The number of aliphatic hydroxyl groups is 1. The molecule has 0 aliphatic rings. The zero-order valence-corrected chi connectivity index (χ0v) is 24.7. The van der Waals surface area contributed by atoms with Gasteiger partial charge in [0.25, 0.3) is 5.56 Å². The number of methoxy groups -OCH3 is 2. The molecule has 0 radical (unpaired) electrons. The SMILES string of the molecule is COc1ccc2cc(-c3ccc(OCCCNCC(O)COc4ccccc4OC)cc3)n(C)c(=O)c2c1.O=C(O)C(=O)O. The maximum Gasteiger partial charge on any atom is 0.414 e. The van der Waals surface area contributed by atoms with E-state index < -0.39 is 18.0 Å². The number of carboxylic acids is 2. The van der Waals surface area contributed by atoms with E-state index in [1.54, 1.807) is 31.9 Å². The van der Waals surface area contributed by atoms with Gasteiger partial charge >= 0.3 is 11.9 Å². The summed E-state index contributed by atoms with van der Waals surface area (Å²) in [5, 5.41) is 29.7. The third kappa shape index (κ3) is 9.48. The quantitative estimate of drug-likeness (QED) is 0.130. The lowest BCUT2D eigenvalue weighted by molar-refractivity contribution is -0.159. The highest BCUT2D eigenvalue weighted by molar-refractivity contribution is 6.27. The van der Waals surface area contributed by atoms with Crippen LogP contribution in [0, 0.1) is 0 Å². The minimum absolute atomic E-state index is 0.0688. The van der Waals surface area contributed by atoms with E-state index in [9.17, 15) is 9.90 Å². The Balaban J connectivity index is 0.000000801. The standard InChI is InChI=1S/C30H34N2O6.C2H2O4/c1-32-27(17-22-11-14-25(35-2)18-26(22)30(32)34)21-9-12-24(13-10-21)37-16-6-15-31-19-23(33)20-38-29-8-5-4-7-28(29)36-3;3-1(4)2(5)6/h4-5,7-14,17-18,23,31,33H,6,15-16,19-20H2,1-3H3;(H,3,4)(H,5,6). The van der Waals surface area contributed by atoms with Crippen LogP contribution in [0.1, 0.15) is 6.42 Å². The molecule has 12 nitrogen and oxygen atoms in total. The number of hydrogen-bond acceptors (Lipinski definition) is 9. The fourth-order valence-corrected chi connectivity index (χ4v) is 4.15. The van der Waals surface area contributed by atoms with Gasteiger partial charge in [0.2, 0.25) is 0 Å². The second kappa shape index (κ2) is 16.5. The summed E-state index contributed by atoms with van der Waals surface area (Å²) >= 11 is 0. The van der Waals surface area contributed by atoms with Crippen LogP contribution < -0.4 is 29.8 Å². The number of ether oxygens (including phenoxy) is 4. The van der Waals surface area contributed by atoms with Gasteiger partial charge in [-0.2, -0.15) is 0 Å². The number of nitrogens with zero attached hydrogens (tertiary/aromatic N) is 1. The van der Waals surface area contributed by atoms with Gasteiger partial charge in [-0.05, 0) is 78.5 Å². The minimum Gasteiger partial charge on any atom is -0.497 e. The van der Waals surface area contributed by atoms with Crippen molar-refractivity contribution in [1.29, 1.82) is 0 Å². The van der Waals surface area contributed by atoms with Gasteiger partial charge in [0.1, 0.15) is 24.2 Å². The number of carboxylic acid groups (broad SMARTS) is 2. The van der Waals surface area contributed by atoms with E-state index >= 15 is 0 Å². The highest BCUT2D eigenvalue weighted by Gasteiger charge is 2.11. The van der Waals surface area contributed by atoms with Crippen LogP contribution in [0.5, 0.6) is 23.0 Å². The summed E-state index contributed by atoms with van der Waals surface area (Å²) in [4.78, 5) is 31.1. The molecular weight excluding hydrogens is 572 g/mol. The molecule has 0 amide bonds. The first-order valence-electron chi connectivity index (χ1n) is 13.7. The van der Waals surface area contributed by atoms with Gasteiger partial charge in [0, 0.05) is 13.6 Å². The molecule has 44 heavy (non-hydrogen) atoms. The van der Waals surface area contributed by atoms with Crippen LogP contribution in [-0.2, 0) is 16.6 Å². The van der Waals surface area contributed by atoms with Gasteiger partial charge in [-0.15, -0.1) is 0 Å². The van der Waals surface area contributed by atoms with E-state index in [0.29, 0.717) is 42.3 Å². The lowest BCUT2D eigenvalue weighted by Crippen LogP contribution is -2.32. The Morgan fingerprint density at radius 2 is 1.52 bits per heavy atom. The van der Waals surface area contributed by atoms with E-state index in [2.05, 4.69) is 5.32 Å². The van der Waals surface area contributed by atoms with Crippen molar-refractivity contribution < 1.29 is 43.9 Å². The Morgan fingerprint density at radius 3 is 2.16 bits per heavy atom. The lowest BCUT2D eigenvalue weighted by atomic mass is 10.1. The average Bonchev–Trinajstić information content (AvgIpc) is 3.03. The van der Waals surface area contributed by atoms with E-state index in [4.69, 9.17) is 38.7 Å². The molecule has 0 saturated carbocycles. The van der Waals surface area contributed by atoms with Crippen molar-refractivity contribution in [2.45, 2.75) is 12.5 Å². The van der Waals surface area contributed by atoms with Crippen molar-refractivity contribution in [2.75, 3.05) is 40.5 Å². The molecule has 12 heteroatoms. The molecule has 4 rings (SSSR count). The molecule has 0 spiro atoms. The maximum atomic E-state index is 12.9. The third-order valence-corrected chi connectivity index (χ3v) is 6.43. The molecule has 0 fully saturated rings. The van der Waals surface area contributed by atoms with E-state index in [1.165, 1.54) is 0 Å². The van der Waals surface area contributed by atoms with Crippen molar-refractivity contribution in [3.63, 3.8) is 0 Å². The first kappa shape index (κ1) is 33.4. The smallest absolute Gasteiger partial charge is 0.414 e. The van der Waals surface area contributed by atoms with Crippen molar-refractivity contribution in [3.05, 3.63) is 83.2 Å². The lowest BCUT2D eigenvalue weighted by Gasteiger charge is -2.15. The highest BCUT2D eigenvalue weighted by atomic mass is 16.5. The molecule has 0 aliphatic carbocycles. The van der Waals surface area contributed by atoms with Crippen molar-refractivity contribution in [1.82, 2.24) is 9.88 Å². The van der Waals surface area contributed by atoms with Crippen LogP contribution in [0.4, 0.5) is 0 Å². The summed E-state index contributed by atoms with van der Waals surface area (Å²) in [5.41, 5.74) is 1.69. The molecule has 1 aromatic heterocycles. The number of carbonyl (C=O) groups is 2. The summed E-state index contributed by atoms with van der Waals surface area (Å²) in [7, 11) is 4.95. The molecule has 3 aromatic carbocycles. The number of para-hydroxylation sites is 2. The number of aliphatic hydroxyl groups excluding tert-OH is 1. The van der Waals surface area contributed by atoms with E-state index in [1.807, 2.05) is 66.7 Å². The summed E-state index contributed by atoms with van der Waals surface area (Å²) in [6.45, 7) is 1.83. The Hall–Kier alpha value is -5.07. The number of nitrogens with one attached hydrogen (secondary N) is 1. The summed E-state index contributed by atoms with van der Waals surface area (Å²) < 4.78 is 23.7.